The lowest BCUT2D eigenvalue weighted by Crippen LogP contribution is -2.53. The summed E-state index contributed by atoms with van der Waals surface area (Å²) in [5.41, 5.74) is 1.03. The first-order chi connectivity index (χ1) is 16.2. The van der Waals surface area contributed by atoms with Gasteiger partial charge in [-0.2, -0.15) is 0 Å². The lowest BCUT2D eigenvalue weighted by Gasteiger charge is -2.41. The molecule has 3 heterocycles. The summed E-state index contributed by atoms with van der Waals surface area (Å²) in [6.45, 7) is 1.70. The highest BCUT2D eigenvalue weighted by atomic mass is 19.4. The van der Waals surface area contributed by atoms with E-state index in [1.54, 1.807) is 43.2 Å². The number of pyridine rings is 1. The number of nitrogens with zero attached hydrogens (tertiary/aromatic N) is 2. The van der Waals surface area contributed by atoms with Crippen LogP contribution in [0.15, 0.2) is 36.4 Å². The van der Waals surface area contributed by atoms with Crippen molar-refractivity contribution in [3.05, 3.63) is 53.2 Å². The monoisotopic (exact) mass is 482 g/mol. The first kappa shape index (κ1) is 24.2. The number of hydrogen-bond acceptors (Lipinski definition) is 7. The highest BCUT2D eigenvalue weighted by Crippen LogP contribution is 2.42. The van der Waals surface area contributed by atoms with Crippen LogP contribution < -0.4 is 9.47 Å². The van der Waals surface area contributed by atoms with Crippen molar-refractivity contribution < 1.29 is 41.7 Å². The van der Waals surface area contributed by atoms with Crippen molar-refractivity contribution in [2.75, 3.05) is 40.2 Å². The SMILES string of the molecule is COc1cccc([C@]23CCN(C(=O)c4ccc(OCCOC(F)(F)F)c(C)c4)CC2OCO3)n1. The Balaban J connectivity index is 1.41. The maximum atomic E-state index is 13.2. The third kappa shape index (κ3) is 5.11. The Morgan fingerprint density at radius 3 is 2.82 bits per heavy atom. The summed E-state index contributed by atoms with van der Waals surface area (Å²) in [5, 5.41) is 0. The molecule has 2 aliphatic heterocycles. The second-order valence-corrected chi connectivity index (χ2v) is 8.00. The Morgan fingerprint density at radius 1 is 1.26 bits per heavy atom. The number of aromatic nitrogens is 1. The molecular formula is C23H25F3N2O6. The highest BCUT2D eigenvalue weighted by molar-refractivity contribution is 5.94. The first-order valence-corrected chi connectivity index (χ1v) is 10.7. The Hall–Kier alpha value is -2.89. The molecule has 0 saturated carbocycles. The van der Waals surface area contributed by atoms with Gasteiger partial charge in [-0.25, -0.2) is 4.98 Å². The van der Waals surface area contributed by atoms with Crippen LogP contribution in [0.5, 0.6) is 11.6 Å². The van der Waals surface area contributed by atoms with Crippen LogP contribution in [-0.4, -0.2) is 68.5 Å². The number of methoxy groups -OCH3 is 1. The Morgan fingerprint density at radius 2 is 2.09 bits per heavy atom. The Bertz CT molecular complexity index is 1030. The van der Waals surface area contributed by atoms with E-state index in [0.717, 1.165) is 0 Å². The third-order valence-corrected chi connectivity index (χ3v) is 5.93. The molecule has 11 heteroatoms. The van der Waals surface area contributed by atoms with Crippen LogP contribution in [0.3, 0.4) is 0 Å². The standard InChI is InChI=1S/C23H25F3N2O6/c1-15-12-16(6-7-17(15)31-10-11-33-23(24,25)26)21(29)28-9-8-22(19(13-28)32-14-34-22)18-4-3-5-20(27-18)30-2/h3-7,12,19H,8-11,13-14H2,1-2H3/t19?,22-/m1/s1. The van der Waals surface area contributed by atoms with Crippen LogP contribution >= 0.6 is 0 Å². The molecule has 1 aromatic carbocycles. The predicted molar refractivity (Wildman–Crippen MR) is 112 cm³/mol. The minimum Gasteiger partial charge on any atom is -0.491 e. The fourth-order valence-corrected chi connectivity index (χ4v) is 4.23. The van der Waals surface area contributed by atoms with Crippen LogP contribution in [0.25, 0.3) is 0 Å². The van der Waals surface area contributed by atoms with Crippen LogP contribution in [0, 0.1) is 6.92 Å². The smallest absolute Gasteiger partial charge is 0.491 e. The van der Waals surface area contributed by atoms with Crippen LogP contribution in [0.4, 0.5) is 13.2 Å². The van der Waals surface area contributed by atoms with Gasteiger partial charge in [-0.15, -0.1) is 13.2 Å². The topological polar surface area (TPSA) is 79.4 Å². The zero-order valence-electron chi connectivity index (χ0n) is 18.8. The number of rotatable bonds is 7. The van der Waals surface area contributed by atoms with E-state index in [2.05, 4.69) is 9.72 Å². The van der Waals surface area contributed by atoms with E-state index in [1.165, 1.54) is 0 Å². The summed E-state index contributed by atoms with van der Waals surface area (Å²) in [4.78, 5) is 19.4. The van der Waals surface area contributed by atoms with Crippen molar-refractivity contribution in [2.45, 2.75) is 31.4 Å². The number of aryl methyl sites for hydroxylation is 1. The minimum absolute atomic E-state index is 0.106. The molecule has 8 nitrogen and oxygen atoms in total. The normalized spacial score (nSPS) is 22.4. The molecule has 0 aliphatic carbocycles. The number of likely N-dealkylation sites (tertiary alicyclic amines) is 1. The minimum atomic E-state index is -4.70. The molecular weight excluding hydrogens is 457 g/mol. The summed E-state index contributed by atoms with van der Waals surface area (Å²) in [7, 11) is 1.54. The maximum Gasteiger partial charge on any atom is 0.522 e. The highest BCUT2D eigenvalue weighted by Gasteiger charge is 2.52. The number of fused-ring (bicyclic) bond motifs is 1. The number of alkyl halides is 3. The van der Waals surface area contributed by atoms with Gasteiger partial charge in [0.25, 0.3) is 5.91 Å². The van der Waals surface area contributed by atoms with Crippen molar-refractivity contribution in [1.82, 2.24) is 9.88 Å². The molecule has 4 rings (SSSR count). The van der Waals surface area contributed by atoms with Crippen LogP contribution in [0.2, 0.25) is 0 Å². The molecule has 0 N–H and O–H groups in total. The number of halogens is 3. The average Bonchev–Trinajstić information content (AvgIpc) is 3.26. The van der Waals surface area contributed by atoms with E-state index < -0.39 is 18.6 Å². The van der Waals surface area contributed by atoms with Gasteiger partial charge in [-0.05, 0) is 36.8 Å². The largest absolute Gasteiger partial charge is 0.522 e. The Labute approximate surface area is 194 Å². The molecule has 0 bridgehead atoms. The molecule has 2 aliphatic rings. The summed E-state index contributed by atoms with van der Waals surface area (Å²) in [5.74, 6) is 0.678. The van der Waals surface area contributed by atoms with Crippen LogP contribution in [0.1, 0.15) is 28.0 Å². The molecule has 1 unspecified atom stereocenters. The van der Waals surface area contributed by atoms with Gasteiger partial charge in [0.05, 0.1) is 26.0 Å². The molecule has 2 saturated heterocycles. The molecule has 0 radical (unpaired) electrons. The fraction of sp³-hybridized carbons (Fsp3) is 0.478. The molecule has 34 heavy (non-hydrogen) atoms. The molecule has 1 amide bonds. The van der Waals surface area contributed by atoms with Gasteiger partial charge in [0.1, 0.15) is 30.9 Å². The van der Waals surface area contributed by atoms with Gasteiger partial charge in [0.2, 0.25) is 5.88 Å². The summed E-state index contributed by atoms with van der Waals surface area (Å²) >= 11 is 0. The number of piperidine rings is 1. The van der Waals surface area contributed by atoms with Crippen molar-refractivity contribution in [2.24, 2.45) is 0 Å². The quantitative estimate of drug-likeness (QED) is 0.560. The zero-order valence-corrected chi connectivity index (χ0v) is 18.8. The van der Waals surface area contributed by atoms with E-state index in [1.807, 2.05) is 12.1 Å². The molecule has 2 aromatic rings. The van der Waals surface area contributed by atoms with Gasteiger partial charge >= 0.3 is 6.36 Å². The average molecular weight is 482 g/mol. The summed E-state index contributed by atoms with van der Waals surface area (Å²) in [6.07, 6.45) is -4.58. The molecule has 1 aromatic heterocycles. The number of benzene rings is 1. The number of ether oxygens (including phenoxy) is 5. The van der Waals surface area contributed by atoms with Crippen molar-refractivity contribution in [3.63, 3.8) is 0 Å². The summed E-state index contributed by atoms with van der Waals surface area (Å²) in [6, 6.07) is 10.3. The second-order valence-electron chi connectivity index (χ2n) is 8.00. The third-order valence-electron chi connectivity index (χ3n) is 5.93. The van der Waals surface area contributed by atoms with Gasteiger partial charge < -0.3 is 23.8 Å². The predicted octanol–water partition coefficient (Wildman–Crippen LogP) is 3.43. The zero-order chi connectivity index (χ0) is 24.3. The lowest BCUT2D eigenvalue weighted by atomic mass is 9.85. The van der Waals surface area contributed by atoms with Crippen molar-refractivity contribution in [3.8, 4) is 11.6 Å². The summed E-state index contributed by atoms with van der Waals surface area (Å²) < 4.78 is 62.3. The number of carbonyl (C=O) groups excluding carboxylic acids is 1. The number of hydrogen-bond donors (Lipinski definition) is 0. The fourth-order valence-electron chi connectivity index (χ4n) is 4.23. The van der Waals surface area contributed by atoms with Crippen molar-refractivity contribution in [1.29, 1.82) is 0 Å². The van der Waals surface area contributed by atoms with Gasteiger partial charge in [0.15, 0.2) is 0 Å². The van der Waals surface area contributed by atoms with Gasteiger partial charge in [-0.3, -0.25) is 9.53 Å². The van der Waals surface area contributed by atoms with Crippen molar-refractivity contribution >= 4 is 5.91 Å². The molecule has 2 fully saturated rings. The van der Waals surface area contributed by atoms with E-state index in [9.17, 15) is 18.0 Å². The van der Waals surface area contributed by atoms with Gasteiger partial charge in [0, 0.05) is 24.6 Å². The van der Waals surface area contributed by atoms with E-state index >= 15 is 0 Å². The first-order valence-electron chi connectivity index (χ1n) is 10.7. The molecule has 2 atom stereocenters. The second kappa shape index (κ2) is 9.77. The number of carbonyl (C=O) groups is 1. The lowest BCUT2D eigenvalue weighted by molar-refractivity contribution is -0.325. The van der Waals surface area contributed by atoms with E-state index in [0.29, 0.717) is 48.0 Å². The van der Waals surface area contributed by atoms with E-state index in [4.69, 9.17) is 18.9 Å². The van der Waals surface area contributed by atoms with Gasteiger partial charge in [-0.1, -0.05) is 6.07 Å². The molecule has 0 spiro atoms. The Kier molecular flexibility index (Phi) is 6.96. The van der Waals surface area contributed by atoms with Crippen LogP contribution in [-0.2, 0) is 19.8 Å². The molecule has 184 valence electrons. The number of amides is 1. The maximum absolute atomic E-state index is 13.2. The van der Waals surface area contributed by atoms with E-state index in [-0.39, 0.29) is 25.4 Å².